The summed E-state index contributed by atoms with van der Waals surface area (Å²) in [5.74, 6) is -0.538. The first kappa shape index (κ1) is 17.9. The van der Waals surface area contributed by atoms with Crippen LogP contribution in [0.1, 0.15) is 16.1 Å². The molecule has 0 saturated carbocycles. The zero-order valence-corrected chi connectivity index (χ0v) is 15.2. The summed E-state index contributed by atoms with van der Waals surface area (Å²) in [5, 5.41) is 3.31. The monoisotopic (exact) mass is 374 g/mol. The lowest BCUT2D eigenvalue weighted by Crippen LogP contribution is -2.27. The van der Waals surface area contributed by atoms with E-state index in [1.54, 1.807) is 48.4 Å². The number of esters is 1. The van der Waals surface area contributed by atoms with Crippen LogP contribution in [-0.2, 0) is 14.3 Å². The van der Waals surface area contributed by atoms with E-state index in [0.29, 0.717) is 22.2 Å². The van der Waals surface area contributed by atoms with Crippen molar-refractivity contribution >= 4 is 39.8 Å². The number of hydrogen-bond acceptors (Lipinski definition) is 6. The van der Waals surface area contributed by atoms with Crippen LogP contribution in [0.5, 0.6) is 5.75 Å². The van der Waals surface area contributed by atoms with E-state index in [2.05, 4.69) is 10.1 Å². The third kappa shape index (κ3) is 3.70. The second-order valence-electron chi connectivity index (χ2n) is 5.75. The van der Waals surface area contributed by atoms with Crippen molar-refractivity contribution in [3.8, 4) is 5.75 Å². The largest absolute Gasteiger partial charge is 0.497 e. The number of nitrogens with zero attached hydrogens (tertiary/aromatic N) is 1. The number of nitrogens with one attached hydrogen (secondary N) is 1. The maximum absolute atomic E-state index is 12.5. The van der Waals surface area contributed by atoms with E-state index in [-0.39, 0.29) is 18.2 Å². The number of amides is 2. The first-order valence-electron chi connectivity index (χ1n) is 7.95. The van der Waals surface area contributed by atoms with E-state index in [0.717, 1.165) is 17.0 Å². The van der Waals surface area contributed by atoms with Gasteiger partial charge in [0, 0.05) is 18.7 Å². The summed E-state index contributed by atoms with van der Waals surface area (Å²) in [7, 11) is 2.88. The molecule has 1 aliphatic rings. The molecule has 26 heavy (non-hydrogen) atoms. The van der Waals surface area contributed by atoms with Crippen LogP contribution in [0.15, 0.2) is 36.4 Å². The molecule has 0 unspecified atom stereocenters. The maximum Gasteiger partial charge on any atom is 0.348 e. The maximum atomic E-state index is 12.5. The number of methoxy groups -OCH3 is 2. The van der Waals surface area contributed by atoms with Crippen LogP contribution in [0.2, 0.25) is 0 Å². The minimum Gasteiger partial charge on any atom is -0.497 e. The Kier molecular flexibility index (Phi) is 5.22. The standard InChI is InChI=1S/C18H18N2O5S/c1-24-13-5-3-12(4-6-13)20-10-11(9-16(20)21)17(22)19-15-8-7-14(26-15)18(23)25-2/h3-8,11H,9-10H2,1-2H3,(H,19,22)/t11-/m0/s1. The van der Waals surface area contributed by atoms with Crippen LogP contribution in [0.4, 0.5) is 10.7 Å². The predicted molar refractivity (Wildman–Crippen MR) is 97.7 cm³/mol. The molecule has 7 nitrogen and oxygen atoms in total. The number of carbonyl (C=O) groups excluding carboxylic acids is 3. The Hall–Kier alpha value is -2.87. The van der Waals surface area contributed by atoms with E-state index < -0.39 is 11.9 Å². The topological polar surface area (TPSA) is 84.9 Å². The SMILES string of the molecule is COC(=O)c1ccc(NC(=O)[C@H]2CC(=O)N(c3ccc(OC)cc3)C2)s1. The molecular weight excluding hydrogens is 356 g/mol. The first-order chi connectivity index (χ1) is 12.5. The van der Waals surface area contributed by atoms with E-state index in [1.165, 1.54) is 7.11 Å². The summed E-state index contributed by atoms with van der Waals surface area (Å²) in [4.78, 5) is 38.2. The van der Waals surface area contributed by atoms with Gasteiger partial charge in [0.15, 0.2) is 0 Å². The van der Waals surface area contributed by atoms with Crippen molar-refractivity contribution in [3.05, 3.63) is 41.3 Å². The minimum atomic E-state index is -0.451. The fraction of sp³-hybridized carbons (Fsp3) is 0.278. The number of benzene rings is 1. The van der Waals surface area contributed by atoms with Crippen molar-refractivity contribution < 1.29 is 23.9 Å². The van der Waals surface area contributed by atoms with Gasteiger partial charge in [-0.25, -0.2) is 4.79 Å². The molecule has 2 heterocycles. The molecule has 2 aromatic rings. The highest BCUT2D eigenvalue weighted by atomic mass is 32.1. The second-order valence-corrected chi connectivity index (χ2v) is 6.83. The molecule has 8 heteroatoms. The number of carbonyl (C=O) groups is 3. The molecule has 1 aromatic carbocycles. The van der Waals surface area contributed by atoms with Gasteiger partial charge in [-0.1, -0.05) is 0 Å². The van der Waals surface area contributed by atoms with Gasteiger partial charge in [-0.3, -0.25) is 9.59 Å². The Bertz CT molecular complexity index is 830. The highest BCUT2D eigenvalue weighted by Crippen LogP contribution is 2.29. The summed E-state index contributed by atoms with van der Waals surface area (Å²) in [6.07, 6.45) is 0.146. The molecule has 1 atom stereocenters. The Morgan fingerprint density at radius 1 is 1.15 bits per heavy atom. The van der Waals surface area contributed by atoms with Crippen molar-refractivity contribution in [2.45, 2.75) is 6.42 Å². The number of anilines is 2. The van der Waals surface area contributed by atoms with Gasteiger partial charge in [0.25, 0.3) is 0 Å². The second kappa shape index (κ2) is 7.57. The van der Waals surface area contributed by atoms with E-state index in [4.69, 9.17) is 4.74 Å². The predicted octanol–water partition coefficient (Wildman–Crippen LogP) is 2.53. The summed E-state index contributed by atoms with van der Waals surface area (Å²) in [6, 6.07) is 10.4. The lowest BCUT2D eigenvalue weighted by Gasteiger charge is -2.17. The minimum absolute atomic E-state index is 0.100. The van der Waals surface area contributed by atoms with E-state index in [1.807, 2.05) is 0 Å². The Morgan fingerprint density at radius 3 is 2.54 bits per heavy atom. The summed E-state index contributed by atoms with van der Waals surface area (Å²) in [6.45, 7) is 0.312. The molecular formula is C18H18N2O5S. The number of hydrogen-bond donors (Lipinski definition) is 1. The smallest absolute Gasteiger partial charge is 0.348 e. The number of thiophene rings is 1. The van der Waals surface area contributed by atoms with E-state index >= 15 is 0 Å². The quantitative estimate of drug-likeness (QED) is 0.813. The molecule has 1 fully saturated rings. The molecule has 136 valence electrons. The van der Waals surface area contributed by atoms with Gasteiger partial charge >= 0.3 is 5.97 Å². The molecule has 0 spiro atoms. The molecule has 0 bridgehead atoms. The molecule has 0 radical (unpaired) electrons. The Balaban J connectivity index is 1.64. The zero-order valence-electron chi connectivity index (χ0n) is 14.4. The molecule has 1 saturated heterocycles. The normalized spacial score (nSPS) is 16.5. The van der Waals surface area contributed by atoms with Crippen molar-refractivity contribution in [3.63, 3.8) is 0 Å². The van der Waals surface area contributed by atoms with Crippen LogP contribution in [-0.4, -0.2) is 38.5 Å². The first-order valence-corrected chi connectivity index (χ1v) is 8.77. The Labute approximate surface area is 154 Å². The molecule has 3 rings (SSSR count). The summed E-state index contributed by atoms with van der Waals surface area (Å²) in [5.41, 5.74) is 0.732. The van der Waals surface area contributed by atoms with Crippen molar-refractivity contribution in [2.24, 2.45) is 5.92 Å². The van der Waals surface area contributed by atoms with Crippen molar-refractivity contribution in [1.82, 2.24) is 0 Å². The van der Waals surface area contributed by atoms with Crippen molar-refractivity contribution in [2.75, 3.05) is 31.0 Å². The molecule has 0 aliphatic carbocycles. The Morgan fingerprint density at radius 2 is 1.88 bits per heavy atom. The molecule has 1 aromatic heterocycles. The lowest BCUT2D eigenvalue weighted by atomic mass is 10.1. The molecule has 1 aliphatic heterocycles. The average molecular weight is 374 g/mol. The average Bonchev–Trinajstić information content (AvgIpc) is 3.28. The summed E-state index contributed by atoms with van der Waals surface area (Å²) < 4.78 is 9.76. The third-order valence-corrected chi connectivity index (χ3v) is 5.10. The number of rotatable bonds is 5. The van der Waals surface area contributed by atoms with Gasteiger partial charge in [0.05, 0.1) is 25.1 Å². The summed E-state index contributed by atoms with van der Waals surface area (Å²) >= 11 is 1.14. The van der Waals surface area contributed by atoms with E-state index in [9.17, 15) is 14.4 Å². The van der Waals surface area contributed by atoms with Gasteiger partial charge in [-0.15, -0.1) is 11.3 Å². The van der Waals surface area contributed by atoms with Gasteiger partial charge in [0.2, 0.25) is 11.8 Å². The highest BCUT2D eigenvalue weighted by Gasteiger charge is 2.35. The third-order valence-electron chi connectivity index (χ3n) is 4.12. The van der Waals surface area contributed by atoms with Crippen LogP contribution in [0.3, 0.4) is 0 Å². The fourth-order valence-electron chi connectivity index (χ4n) is 2.73. The van der Waals surface area contributed by atoms with Crippen LogP contribution in [0.25, 0.3) is 0 Å². The van der Waals surface area contributed by atoms with Crippen LogP contribution >= 0.6 is 11.3 Å². The highest BCUT2D eigenvalue weighted by molar-refractivity contribution is 7.18. The van der Waals surface area contributed by atoms with Gasteiger partial charge < -0.3 is 19.7 Å². The van der Waals surface area contributed by atoms with Gasteiger partial charge in [0.1, 0.15) is 10.6 Å². The number of ether oxygens (including phenoxy) is 2. The van der Waals surface area contributed by atoms with Gasteiger partial charge in [-0.2, -0.15) is 0 Å². The zero-order chi connectivity index (χ0) is 18.7. The lowest BCUT2D eigenvalue weighted by molar-refractivity contribution is -0.122. The molecule has 2 amide bonds. The molecule has 1 N–H and O–H groups in total. The van der Waals surface area contributed by atoms with Gasteiger partial charge in [-0.05, 0) is 36.4 Å². The fourth-order valence-corrected chi connectivity index (χ4v) is 3.56. The van der Waals surface area contributed by atoms with Crippen molar-refractivity contribution in [1.29, 1.82) is 0 Å². The van der Waals surface area contributed by atoms with Crippen LogP contribution < -0.4 is 15.0 Å². The van der Waals surface area contributed by atoms with Crippen LogP contribution in [0, 0.1) is 5.92 Å².